The van der Waals surface area contributed by atoms with Crippen LogP contribution in [0.25, 0.3) is 0 Å². The molecule has 110 valence electrons. The average molecular weight is 266 g/mol. The summed E-state index contributed by atoms with van der Waals surface area (Å²) in [5.74, 6) is 6.47. The number of aliphatic hydroxyl groups is 1. The molecular weight excluding hydrogens is 236 g/mol. The third kappa shape index (κ3) is 3.97. The predicted molar refractivity (Wildman–Crippen MR) is 79.8 cm³/mol. The fraction of sp³-hybridized carbons (Fsp3) is 0.882. The summed E-state index contributed by atoms with van der Waals surface area (Å²) in [5, 5.41) is 11.0. The zero-order chi connectivity index (χ0) is 14.9. The molecule has 0 aromatic heterocycles. The molecule has 1 rings (SSSR count). The van der Waals surface area contributed by atoms with Gasteiger partial charge in [-0.1, -0.05) is 39.0 Å². The van der Waals surface area contributed by atoms with E-state index in [2.05, 4.69) is 32.6 Å². The van der Waals surface area contributed by atoms with Crippen LogP contribution in [0.1, 0.15) is 67.7 Å². The standard InChI is InChI=1S/C17H30O2/c1-13-9-8-11-16(6,7)17(13,18)12-10-14(2)19-15(3,4)5/h13-14,18H,8-9,11H2,1-7H3. The first-order valence-electron chi connectivity index (χ1n) is 7.41. The minimum atomic E-state index is -0.902. The fourth-order valence-corrected chi connectivity index (χ4v) is 2.98. The van der Waals surface area contributed by atoms with Gasteiger partial charge in [-0.15, -0.1) is 0 Å². The van der Waals surface area contributed by atoms with Gasteiger partial charge in [0.05, 0.1) is 5.60 Å². The van der Waals surface area contributed by atoms with Gasteiger partial charge in [0.1, 0.15) is 11.7 Å². The maximum Gasteiger partial charge on any atom is 0.133 e. The van der Waals surface area contributed by atoms with Gasteiger partial charge >= 0.3 is 0 Å². The number of hydrogen-bond donors (Lipinski definition) is 1. The van der Waals surface area contributed by atoms with Crippen LogP contribution in [0.5, 0.6) is 0 Å². The van der Waals surface area contributed by atoms with Crippen LogP contribution in [0.4, 0.5) is 0 Å². The van der Waals surface area contributed by atoms with Gasteiger partial charge in [0, 0.05) is 5.41 Å². The molecule has 2 nitrogen and oxygen atoms in total. The third-order valence-electron chi connectivity index (χ3n) is 4.18. The number of rotatable bonds is 1. The Morgan fingerprint density at radius 2 is 1.89 bits per heavy atom. The van der Waals surface area contributed by atoms with E-state index in [0.717, 1.165) is 12.8 Å². The third-order valence-corrected chi connectivity index (χ3v) is 4.18. The van der Waals surface area contributed by atoms with E-state index < -0.39 is 5.60 Å². The molecule has 0 aromatic rings. The highest BCUT2D eigenvalue weighted by molar-refractivity contribution is 5.23. The maximum atomic E-state index is 11.0. The lowest BCUT2D eigenvalue weighted by Gasteiger charge is -2.47. The second-order valence-electron chi connectivity index (χ2n) is 7.59. The summed E-state index contributed by atoms with van der Waals surface area (Å²) in [6, 6.07) is 0. The molecule has 1 fully saturated rings. The van der Waals surface area contributed by atoms with Gasteiger partial charge in [0.25, 0.3) is 0 Å². The molecule has 0 aliphatic heterocycles. The van der Waals surface area contributed by atoms with Crippen molar-refractivity contribution in [1.29, 1.82) is 0 Å². The van der Waals surface area contributed by atoms with E-state index in [1.807, 2.05) is 27.7 Å². The molecule has 1 N–H and O–H groups in total. The zero-order valence-corrected chi connectivity index (χ0v) is 13.6. The second-order valence-corrected chi connectivity index (χ2v) is 7.59. The van der Waals surface area contributed by atoms with Crippen LogP contribution in [-0.4, -0.2) is 22.4 Å². The Balaban J connectivity index is 2.89. The molecule has 3 atom stereocenters. The van der Waals surface area contributed by atoms with Crippen molar-refractivity contribution in [3.05, 3.63) is 0 Å². The lowest BCUT2D eigenvalue weighted by atomic mass is 9.61. The van der Waals surface area contributed by atoms with Crippen molar-refractivity contribution in [2.24, 2.45) is 11.3 Å². The second kappa shape index (κ2) is 5.46. The first-order valence-corrected chi connectivity index (χ1v) is 7.41. The molecular formula is C17H30O2. The van der Waals surface area contributed by atoms with E-state index in [1.54, 1.807) is 0 Å². The van der Waals surface area contributed by atoms with Crippen LogP contribution in [0, 0.1) is 23.2 Å². The number of hydrogen-bond acceptors (Lipinski definition) is 2. The van der Waals surface area contributed by atoms with Gasteiger partial charge in [0.15, 0.2) is 0 Å². The van der Waals surface area contributed by atoms with Crippen LogP contribution < -0.4 is 0 Å². The van der Waals surface area contributed by atoms with Crippen molar-refractivity contribution in [2.45, 2.75) is 85.0 Å². The Labute approximate surface area is 118 Å². The maximum absolute atomic E-state index is 11.0. The first-order chi connectivity index (χ1) is 8.48. The van der Waals surface area contributed by atoms with Crippen LogP contribution in [0.15, 0.2) is 0 Å². The van der Waals surface area contributed by atoms with Crippen LogP contribution in [-0.2, 0) is 4.74 Å². The summed E-state index contributed by atoms with van der Waals surface area (Å²) < 4.78 is 5.79. The summed E-state index contributed by atoms with van der Waals surface area (Å²) in [4.78, 5) is 0. The van der Waals surface area contributed by atoms with Gasteiger partial charge in [-0.2, -0.15) is 0 Å². The molecule has 3 unspecified atom stereocenters. The highest BCUT2D eigenvalue weighted by atomic mass is 16.5. The Kier molecular flexibility index (Phi) is 4.75. The molecule has 2 heteroatoms. The van der Waals surface area contributed by atoms with Crippen molar-refractivity contribution >= 4 is 0 Å². The van der Waals surface area contributed by atoms with Crippen molar-refractivity contribution in [3.63, 3.8) is 0 Å². The molecule has 0 amide bonds. The summed E-state index contributed by atoms with van der Waals surface area (Å²) in [6.45, 7) is 14.3. The lowest BCUT2D eigenvalue weighted by Crippen LogP contribution is -2.51. The monoisotopic (exact) mass is 266 g/mol. The summed E-state index contributed by atoms with van der Waals surface area (Å²) >= 11 is 0. The number of ether oxygens (including phenoxy) is 1. The van der Waals surface area contributed by atoms with Crippen molar-refractivity contribution < 1.29 is 9.84 Å². The van der Waals surface area contributed by atoms with Gasteiger partial charge in [0.2, 0.25) is 0 Å². The molecule has 0 radical (unpaired) electrons. The Hall–Kier alpha value is -0.520. The molecule has 1 aliphatic carbocycles. The van der Waals surface area contributed by atoms with E-state index >= 15 is 0 Å². The van der Waals surface area contributed by atoms with Crippen LogP contribution in [0.3, 0.4) is 0 Å². The molecule has 1 saturated carbocycles. The van der Waals surface area contributed by atoms with Gasteiger partial charge in [-0.05, 0) is 46.5 Å². The molecule has 19 heavy (non-hydrogen) atoms. The van der Waals surface area contributed by atoms with Gasteiger partial charge in [-0.3, -0.25) is 0 Å². The van der Waals surface area contributed by atoms with E-state index in [9.17, 15) is 5.11 Å². The molecule has 0 saturated heterocycles. The summed E-state index contributed by atoms with van der Waals surface area (Å²) in [5.41, 5.74) is -1.26. The van der Waals surface area contributed by atoms with Crippen LogP contribution in [0.2, 0.25) is 0 Å². The SMILES string of the molecule is CC(C#CC1(O)C(C)CCCC1(C)C)OC(C)(C)C. The summed E-state index contributed by atoms with van der Waals surface area (Å²) in [7, 11) is 0. The minimum absolute atomic E-state index is 0.154. The molecule has 0 aromatic carbocycles. The Morgan fingerprint density at radius 3 is 2.37 bits per heavy atom. The van der Waals surface area contributed by atoms with Crippen LogP contribution >= 0.6 is 0 Å². The van der Waals surface area contributed by atoms with E-state index in [0.29, 0.717) is 0 Å². The largest absolute Gasteiger partial charge is 0.377 e. The Morgan fingerprint density at radius 1 is 1.32 bits per heavy atom. The Bertz CT molecular complexity index is 367. The fourth-order valence-electron chi connectivity index (χ4n) is 2.98. The zero-order valence-electron chi connectivity index (χ0n) is 13.6. The average Bonchev–Trinajstić information content (AvgIpc) is 2.21. The predicted octanol–water partition coefficient (Wildman–Crippen LogP) is 3.77. The first kappa shape index (κ1) is 16.5. The highest BCUT2D eigenvalue weighted by Crippen LogP contribution is 2.46. The van der Waals surface area contributed by atoms with E-state index in [4.69, 9.17) is 4.74 Å². The van der Waals surface area contributed by atoms with Crippen molar-refractivity contribution in [1.82, 2.24) is 0 Å². The topological polar surface area (TPSA) is 29.5 Å². The van der Waals surface area contributed by atoms with E-state index in [1.165, 1.54) is 6.42 Å². The van der Waals surface area contributed by atoms with Gasteiger partial charge < -0.3 is 9.84 Å². The van der Waals surface area contributed by atoms with E-state index in [-0.39, 0.29) is 23.0 Å². The normalized spacial score (nSPS) is 32.3. The lowest BCUT2D eigenvalue weighted by molar-refractivity contribution is -0.0867. The summed E-state index contributed by atoms with van der Waals surface area (Å²) in [6.07, 6.45) is 3.08. The quantitative estimate of drug-likeness (QED) is 0.732. The molecule has 1 aliphatic rings. The van der Waals surface area contributed by atoms with Gasteiger partial charge in [-0.25, -0.2) is 0 Å². The molecule has 0 spiro atoms. The molecule has 0 heterocycles. The smallest absolute Gasteiger partial charge is 0.133 e. The minimum Gasteiger partial charge on any atom is -0.377 e. The van der Waals surface area contributed by atoms with Crippen molar-refractivity contribution in [3.8, 4) is 11.8 Å². The highest BCUT2D eigenvalue weighted by Gasteiger charge is 2.48. The molecule has 0 bridgehead atoms. The van der Waals surface area contributed by atoms with Crippen molar-refractivity contribution in [2.75, 3.05) is 0 Å².